The van der Waals surface area contributed by atoms with Gasteiger partial charge in [0.1, 0.15) is 149 Å². The highest BCUT2D eigenvalue weighted by molar-refractivity contribution is 5.05. The summed E-state index contributed by atoms with van der Waals surface area (Å²) in [6.45, 7) is -12.0. The van der Waals surface area contributed by atoms with E-state index in [9.17, 15) is 102 Å². The topological polar surface area (TPSA) is 506 Å². The molecule has 0 saturated carbocycles. The molecule has 0 aromatic rings. The Bertz CT molecular complexity index is 1590. The SMILES string of the molecule is OCC1OC(CO)(OCC2(OCC3(OCC4(OCC5OC(OC6(CO)OC(CO)C(O)C6O)C(O)C(O)C5O)OC(CO)C(O)C4O)OC(CO)C(O)C3O)OC(CO)C(O)C2O)C(O)C1O. The van der Waals surface area contributed by atoms with E-state index < -0.39 is 224 Å². The largest absolute Gasteiger partial charge is 0.394 e. The molecule has 0 spiro atoms. The predicted octanol–water partition coefficient (Wildman–Crippen LogP) is -14.1. The molecule has 31 heteroatoms. The number of hydrogen-bond donors (Lipinski definition) is 20. The van der Waals surface area contributed by atoms with Crippen molar-refractivity contribution in [2.45, 2.75) is 151 Å². The van der Waals surface area contributed by atoms with Gasteiger partial charge in [0.25, 0.3) is 0 Å². The quantitative estimate of drug-likeness (QED) is 0.0508. The van der Waals surface area contributed by atoms with Crippen molar-refractivity contribution >= 4 is 0 Å². The van der Waals surface area contributed by atoms with Crippen molar-refractivity contribution in [3.05, 3.63) is 0 Å². The van der Waals surface area contributed by atoms with E-state index in [2.05, 4.69) is 0 Å². The molecule has 0 amide bonds. The maximum atomic E-state index is 11.5. The Labute approximate surface area is 378 Å². The Balaban J connectivity index is 1.27. The summed E-state index contributed by atoms with van der Waals surface area (Å²) in [5.74, 6) is -13.5. The summed E-state index contributed by atoms with van der Waals surface area (Å²) >= 11 is 0. The fraction of sp³-hybridized carbons (Fsp3) is 1.00. The molecule has 31 nitrogen and oxygen atoms in total. The third-order valence-electron chi connectivity index (χ3n) is 12.9. The van der Waals surface area contributed by atoms with Crippen LogP contribution in [0.15, 0.2) is 0 Å². The number of ether oxygens (including phenoxy) is 11. The fourth-order valence-electron chi connectivity index (χ4n) is 8.66. The summed E-state index contributed by atoms with van der Waals surface area (Å²) in [6.07, 6.45) is -39.3. The Morgan fingerprint density at radius 2 is 0.612 bits per heavy atom. The smallest absolute Gasteiger partial charge is 0.224 e. The molecule has 6 fully saturated rings. The average molecular weight is 991 g/mol. The van der Waals surface area contributed by atoms with E-state index in [-0.39, 0.29) is 0 Å². The van der Waals surface area contributed by atoms with Gasteiger partial charge < -0.3 is 154 Å². The predicted molar refractivity (Wildman–Crippen MR) is 199 cm³/mol. The van der Waals surface area contributed by atoms with Crippen LogP contribution in [-0.2, 0) is 52.1 Å². The van der Waals surface area contributed by atoms with Crippen molar-refractivity contribution in [2.24, 2.45) is 0 Å². The molecule has 6 heterocycles. The monoisotopic (exact) mass is 990 g/mol. The van der Waals surface area contributed by atoms with Crippen LogP contribution >= 0.6 is 0 Å². The normalized spacial score (nSPS) is 52.5. The molecule has 25 unspecified atom stereocenters. The van der Waals surface area contributed by atoms with Crippen LogP contribution in [0.3, 0.4) is 0 Å². The molecule has 6 saturated heterocycles. The van der Waals surface area contributed by atoms with Gasteiger partial charge in [0.05, 0.1) is 39.6 Å². The minimum Gasteiger partial charge on any atom is -0.394 e. The molecule has 6 aliphatic rings. The van der Waals surface area contributed by atoms with Gasteiger partial charge in [-0.3, -0.25) is 0 Å². The zero-order valence-corrected chi connectivity index (χ0v) is 35.3. The Hall–Kier alpha value is -1.24. The maximum absolute atomic E-state index is 11.5. The number of aliphatic hydroxyl groups is 20. The van der Waals surface area contributed by atoms with Crippen molar-refractivity contribution in [1.82, 2.24) is 0 Å². The van der Waals surface area contributed by atoms with E-state index in [1.54, 1.807) is 0 Å². The first-order valence-corrected chi connectivity index (χ1v) is 21.0. The maximum Gasteiger partial charge on any atom is 0.224 e. The summed E-state index contributed by atoms with van der Waals surface area (Å²) in [7, 11) is 0. The second kappa shape index (κ2) is 21.5. The molecular formula is C36H62O31. The lowest BCUT2D eigenvalue weighted by molar-refractivity contribution is -0.394. The third-order valence-corrected chi connectivity index (χ3v) is 12.9. The molecule has 392 valence electrons. The van der Waals surface area contributed by atoms with Crippen LogP contribution in [0.2, 0.25) is 0 Å². The van der Waals surface area contributed by atoms with Gasteiger partial charge in [0.2, 0.25) is 28.9 Å². The van der Waals surface area contributed by atoms with Gasteiger partial charge in [-0.25, -0.2) is 0 Å². The zero-order valence-electron chi connectivity index (χ0n) is 35.3. The molecule has 20 N–H and O–H groups in total. The molecule has 6 rings (SSSR count). The third kappa shape index (κ3) is 9.75. The second-order valence-electron chi connectivity index (χ2n) is 17.1. The van der Waals surface area contributed by atoms with Gasteiger partial charge in [0.15, 0.2) is 6.29 Å². The fourth-order valence-corrected chi connectivity index (χ4v) is 8.66. The first-order valence-electron chi connectivity index (χ1n) is 21.0. The van der Waals surface area contributed by atoms with Gasteiger partial charge >= 0.3 is 0 Å². The Morgan fingerprint density at radius 1 is 0.313 bits per heavy atom. The highest BCUT2D eigenvalue weighted by atomic mass is 16.8. The molecule has 0 aliphatic carbocycles. The van der Waals surface area contributed by atoms with Gasteiger partial charge in [-0.2, -0.15) is 0 Å². The van der Waals surface area contributed by atoms with E-state index >= 15 is 0 Å². The van der Waals surface area contributed by atoms with Crippen LogP contribution < -0.4 is 0 Å². The van der Waals surface area contributed by atoms with Crippen LogP contribution in [0.4, 0.5) is 0 Å². The minimum atomic E-state index is -2.85. The number of aliphatic hydroxyl groups excluding tert-OH is 20. The summed E-state index contributed by atoms with van der Waals surface area (Å²) < 4.78 is 62.1. The van der Waals surface area contributed by atoms with E-state index in [4.69, 9.17) is 52.1 Å². The second-order valence-corrected chi connectivity index (χ2v) is 17.1. The standard InChI is InChI=1S/C36H62O31/c37-1-12-19(45)26(52)32(7-42,62-12)58-10-35(29(55)22(48)15(4-40)65-35)60-11-36(30(56)23(49)16(5-41)66-36)59-9-34(28(54)21(47)14(3-39)64-34)57-6-17-18(44)24(50)25(51)31(61-17)67-33(8-43)27(53)20(46)13(2-38)63-33/h12-31,37-56H,1-11H2. The van der Waals surface area contributed by atoms with E-state index in [0.717, 1.165) is 0 Å². The zero-order chi connectivity index (χ0) is 49.6. The molecule has 67 heavy (non-hydrogen) atoms. The van der Waals surface area contributed by atoms with Crippen molar-refractivity contribution in [2.75, 3.05) is 72.7 Å². The van der Waals surface area contributed by atoms with Gasteiger partial charge in [-0.1, -0.05) is 0 Å². The summed E-state index contributed by atoms with van der Waals surface area (Å²) in [6, 6.07) is 0. The Kier molecular flexibility index (Phi) is 17.6. The summed E-state index contributed by atoms with van der Waals surface area (Å²) in [5, 5.41) is 211. The molecule has 6 aliphatic heterocycles. The van der Waals surface area contributed by atoms with E-state index in [1.165, 1.54) is 0 Å². The van der Waals surface area contributed by atoms with Gasteiger partial charge in [-0.15, -0.1) is 0 Å². The molecular weight excluding hydrogens is 928 g/mol. The highest BCUT2D eigenvalue weighted by Crippen LogP contribution is 2.43. The lowest BCUT2D eigenvalue weighted by Gasteiger charge is -2.44. The first kappa shape index (κ1) is 55.1. The molecule has 25 atom stereocenters. The lowest BCUT2D eigenvalue weighted by Crippen LogP contribution is -2.63. The van der Waals surface area contributed by atoms with Crippen LogP contribution in [0, 0.1) is 0 Å². The number of hydrogen-bond acceptors (Lipinski definition) is 31. The van der Waals surface area contributed by atoms with Crippen molar-refractivity contribution < 1.29 is 154 Å². The van der Waals surface area contributed by atoms with Gasteiger partial charge in [-0.05, 0) is 0 Å². The summed E-state index contributed by atoms with van der Waals surface area (Å²) in [4.78, 5) is 0. The lowest BCUT2D eigenvalue weighted by atomic mass is 9.98. The number of rotatable bonds is 21. The minimum absolute atomic E-state index is 0.875. The average Bonchev–Trinajstić information content (AvgIpc) is 4.00. The van der Waals surface area contributed by atoms with Crippen molar-refractivity contribution in [1.29, 1.82) is 0 Å². The van der Waals surface area contributed by atoms with Crippen molar-refractivity contribution in [3.8, 4) is 0 Å². The Morgan fingerprint density at radius 3 is 0.955 bits per heavy atom. The molecule has 0 radical (unpaired) electrons. The molecule has 0 bridgehead atoms. The van der Waals surface area contributed by atoms with E-state index in [1.807, 2.05) is 0 Å². The van der Waals surface area contributed by atoms with Crippen LogP contribution in [0.25, 0.3) is 0 Å². The van der Waals surface area contributed by atoms with Crippen LogP contribution in [0.1, 0.15) is 0 Å². The first-order chi connectivity index (χ1) is 31.6. The summed E-state index contributed by atoms with van der Waals surface area (Å²) in [5.41, 5.74) is 0. The van der Waals surface area contributed by atoms with Crippen molar-refractivity contribution in [3.63, 3.8) is 0 Å². The van der Waals surface area contributed by atoms with E-state index in [0.29, 0.717) is 0 Å². The molecule has 0 aromatic carbocycles. The van der Waals surface area contributed by atoms with Crippen LogP contribution in [-0.4, -0.2) is 326 Å². The highest BCUT2D eigenvalue weighted by Gasteiger charge is 2.65. The van der Waals surface area contributed by atoms with Gasteiger partial charge in [0, 0.05) is 0 Å². The molecule has 0 aromatic heterocycles. The van der Waals surface area contributed by atoms with Crippen LogP contribution in [0.5, 0.6) is 0 Å².